The maximum Gasteiger partial charge on any atom is 0.302 e. The standard InChI is InChI=1S/C23H31NO5/c1-14(25)27-11-3-4-12-28-19-8-6-16-17-13-15-5-7-18(26)21-20(15)23(16,22(19)29-21)9-10-24(17)2/h5,7,16-17,19,22,26H,3-4,6,8-13H2,1-2H3/t16-,17+,19-,22?,23-/m0/s1. The van der Waals surface area contributed by atoms with E-state index in [1.807, 2.05) is 0 Å². The summed E-state index contributed by atoms with van der Waals surface area (Å²) in [6.07, 6.45) is 5.94. The first kappa shape index (κ1) is 19.2. The molecular weight excluding hydrogens is 370 g/mol. The molecule has 29 heavy (non-hydrogen) atoms. The van der Waals surface area contributed by atoms with Crippen LogP contribution in [0.2, 0.25) is 0 Å². The van der Waals surface area contributed by atoms with Crippen LogP contribution < -0.4 is 4.74 Å². The number of ether oxygens (including phenoxy) is 3. The Hall–Kier alpha value is -1.79. The molecule has 1 aromatic rings. The average molecular weight is 402 g/mol. The van der Waals surface area contributed by atoms with Gasteiger partial charge in [-0.15, -0.1) is 0 Å². The number of hydrogen-bond donors (Lipinski definition) is 1. The van der Waals surface area contributed by atoms with Gasteiger partial charge in [0.1, 0.15) is 6.10 Å². The van der Waals surface area contributed by atoms with Crippen LogP contribution in [0.3, 0.4) is 0 Å². The minimum absolute atomic E-state index is 0.0201. The summed E-state index contributed by atoms with van der Waals surface area (Å²) in [6.45, 7) is 3.59. The monoisotopic (exact) mass is 401 g/mol. The molecule has 5 rings (SSSR count). The molecule has 2 bridgehead atoms. The predicted octanol–water partition coefficient (Wildman–Crippen LogP) is 2.79. The number of carbonyl (C=O) groups excluding carboxylic acids is 1. The Labute approximate surface area is 172 Å². The molecule has 2 fully saturated rings. The van der Waals surface area contributed by atoms with Crippen LogP contribution in [0.4, 0.5) is 0 Å². The van der Waals surface area contributed by atoms with Gasteiger partial charge in [0.2, 0.25) is 0 Å². The fourth-order valence-electron chi connectivity index (χ4n) is 6.51. The van der Waals surface area contributed by atoms with E-state index >= 15 is 0 Å². The SMILES string of the molecule is CC(=O)OCCCCO[C@H]1CC[C@H]2[C@H]3Cc4ccc(O)c5c4[C@@]2(CCN3C)C1O5. The molecule has 1 saturated carbocycles. The normalized spacial score (nSPS) is 34.4. The number of phenols is 1. The molecule has 1 aromatic carbocycles. The Balaban J connectivity index is 1.37. The Morgan fingerprint density at radius 1 is 1.31 bits per heavy atom. The Bertz CT molecular complexity index is 811. The van der Waals surface area contributed by atoms with E-state index in [4.69, 9.17) is 14.2 Å². The van der Waals surface area contributed by atoms with E-state index in [1.54, 1.807) is 6.07 Å². The van der Waals surface area contributed by atoms with E-state index in [2.05, 4.69) is 18.0 Å². The zero-order valence-corrected chi connectivity index (χ0v) is 17.4. The third-order valence-corrected chi connectivity index (χ3v) is 7.72. The van der Waals surface area contributed by atoms with Crippen molar-refractivity contribution >= 4 is 5.97 Å². The molecule has 2 aliphatic heterocycles. The third-order valence-electron chi connectivity index (χ3n) is 7.72. The van der Waals surface area contributed by atoms with Gasteiger partial charge in [0.15, 0.2) is 11.5 Å². The molecule has 0 aromatic heterocycles. The van der Waals surface area contributed by atoms with Crippen molar-refractivity contribution in [1.29, 1.82) is 0 Å². The number of nitrogens with zero attached hydrogens (tertiary/aromatic N) is 1. The van der Waals surface area contributed by atoms with Crippen molar-refractivity contribution in [3.05, 3.63) is 23.3 Å². The fourth-order valence-corrected chi connectivity index (χ4v) is 6.51. The summed E-state index contributed by atoms with van der Waals surface area (Å²) in [5.41, 5.74) is 2.59. The van der Waals surface area contributed by atoms with Crippen LogP contribution in [0.5, 0.6) is 11.5 Å². The van der Waals surface area contributed by atoms with Crippen LogP contribution in [0.25, 0.3) is 0 Å². The van der Waals surface area contributed by atoms with Crippen LogP contribution in [0, 0.1) is 5.92 Å². The first-order chi connectivity index (χ1) is 14.0. The molecule has 1 N–H and O–H groups in total. The molecule has 0 amide bonds. The van der Waals surface area contributed by atoms with Crippen molar-refractivity contribution in [3.8, 4) is 11.5 Å². The second-order valence-corrected chi connectivity index (χ2v) is 9.17. The van der Waals surface area contributed by atoms with Crippen molar-refractivity contribution < 1.29 is 24.1 Å². The Morgan fingerprint density at radius 3 is 2.97 bits per heavy atom. The van der Waals surface area contributed by atoms with Gasteiger partial charge >= 0.3 is 5.97 Å². The van der Waals surface area contributed by atoms with Gasteiger partial charge in [-0.2, -0.15) is 0 Å². The second kappa shape index (κ2) is 7.17. The van der Waals surface area contributed by atoms with E-state index in [9.17, 15) is 9.90 Å². The molecule has 158 valence electrons. The summed E-state index contributed by atoms with van der Waals surface area (Å²) in [5, 5.41) is 10.5. The van der Waals surface area contributed by atoms with Crippen LogP contribution >= 0.6 is 0 Å². The van der Waals surface area contributed by atoms with Crippen LogP contribution in [0.1, 0.15) is 50.2 Å². The number of likely N-dealkylation sites (tertiary alicyclic amines) is 1. The zero-order chi connectivity index (χ0) is 20.2. The summed E-state index contributed by atoms with van der Waals surface area (Å²) < 4.78 is 17.8. The second-order valence-electron chi connectivity index (χ2n) is 9.17. The number of unbranched alkanes of at least 4 members (excludes halogenated alkanes) is 1. The zero-order valence-electron chi connectivity index (χ0n) is 17.4. The number of esters is 1. The van der Waals surface area contributed by atoms with Crippen LogP contribution in [-0.2, 0) is 26.1 Å². The van der Waals surface area contributed by atoms with E-state index in [1.165, 1.54) is 18.1 Å². The molecule has 0 radical (unpaired) electrons. The lowest BCUT2D eigenvalue weighted by molar-refractivity contribution is -0.141. The van der Waals surface area contributed by atoms with Crippen molar-refractivity contribution in [2.24, 2.45) is 5.92 Å². The number of rotatable bonds is 6. The van der Waals surface area contributed by atoms with Gasteiger partial charge < -0.3 is 24.2 Å². The lowest BCUT2D eigenvalue weighted by Gasteiger charge is -2.58. The van der Waals surface area contributed by atoms with Crippen molar-refractivity contribution in [2.75, 3.05) is 26.8 Å². The number of benzene rings is 1. The highest BCUT2D eigenvalue weighted by Gasteiger charge is 2.65. The van der Waals surface area contributed by atoms with Crippen molar-refractivity contribution in [3.63, 3.8) is 0 Å². The quantitative estimate of drug-likeness (QED) is 0.584. The minimum atomic E-state index is -0.231. The first-order valence-corrected chi connectivity index (χ1v) is 11.0. The molecule has 4 aliphatic rings. The molecule has 6 heteroatoms. The summed E-state index contributed by atoms with van der Waals surface area (Å²) in [6, 6.07) is 4.44. The highest BCUT2D eigenvalue weighted by atomic mass is 16.6. The molecular formula is C23H31NO5. The summed E-state index contributed by atoms with van der Waals surface area (Å²) in [4.78, 5) is 13.4. The van der Waals surface area contributed by atoms with Crippen LogP contribution in [0.15, 0.2) is 12.1 Å². The topological polar surface area (TPSA) is 68.2 Å². The minimum Gasteiger partial charge on any atom is -0.504 e. The van der Waals surface area contributed by atoms with Gasteiger partial charge in [-0.3, -0.25) is 4.79 Å². The molecule has 1 saturated heterocycles. The lowest BCUT2D eigenvalue weighted by atomic mass is 9.51. The molecule has 1 unspecified atom stereocenters. The van der Waals surface area contributed by atoms with E-state index in [-0.39, 0.29) is 29.3 Å². The summed E-state index contributed by atoms with van der Waals surface area (Å²) in [5.74, 6) is 1.31. The van der Waals surface area contributed by atoms with Crippen molar-refractivity contribution in [2.45, 2.75) is 69.1 Å². The largest absolute Gasteiger partial charge is 0.504 e. The first-order valence-electron chi connectivity index (χ1n) is 11.0. The van der Waals surface area contributed by atoms with Gasteiger partial charge in [-0.05, 0) is 69.7 Å². The van der Waals surface area contributed by atoms with E-state index < -0.39 is 0 Å². The van der Waals surface area contributed by atoms with Gasteiger partial charge in [0.25, 0.3) is 0 Å². The highest BCUT2D eigenvalue weighted by molar-refractivity contribution is 5.65. The molecule has 2 aliphatic carbocycles. The van der Waals surface area contributed by atoms with Crippen molar-refractivity contribution in [1.82, 2.24) is 4.90 Å². The van der Waals surface area contributed by atoms with Gasteiger partial charge in [0, 0.05) is 30.6 Å². The van der Waals surface area contributed by atoms with Gasteiger partial charge in [0.05, 0.1) is 12.7 Å². The van der Waals surface area contributed by atoms with E-state index in [0.717, 1.165) is 45.1 Å². The Kier molecular flexibility index (Phi) is 4.74. The van der Waals surface area contributed by atoms with Gasteiger partial charge in [-0.1, -0.05) is 6.07 Å². The Morgan fingerprint density at radius 2 is 2.14 bits per heavy atom. The summed E-state index contributed by atoms with van der Waals surface area (Å²) in [7, 11) is 2.25. The maximum absolute atomic E-state index is 10.9. The molecule has 1 spiro atoms. The number of hydrogen-bond acceptors (Lipinski definition) is 6. The number of phenolic OH excluding ortho intramolecular Hbond substituents is 1. The van der Waals surface area contributed by atoms with Gasteiger partial charge in [-0.25, -0.2) is 0 Å². The fraction of sp³-hybridized carbons (Fsp3) is 0.696. The number of aromatic hydroxyl groups is 1. The molecule has 5 atom stereocenters. The predicted molar refractivity (Wildman–Crippen MR) is 107 cm³/mol. The third kappa shape index (κ3) is 2.87. The molecule has 6 nitrogen and oxygen atoms in total. The number of carbonyl (C=O) groups is 1. The molecule has 2 heterocycles. The maximum atomic E-state index is 10.9. The highest BCUT2D eigenvalue weighted by Crippen LogP contribution is 2.63. The van der Waals surface area contributed by atoms with Crippen LogP contribution in [-0.4, -0.2) is 61.0 Å². The lowest BCUT2D eigenvalue weighted by Crippen LogP contribution is -2.66. The smallest absolute Gasteiger partial charge is 0.302 e. The van der Waals surface area contributed by atoms with E-state index in [0.29, 0.717) is 30.9 Å². The average Bonchev–Trinajstić information content (AvgIpc) is 3.05. The number of likely N-dealkylation sites (N-methyl/N-ethyl adjacent to an activating group) is 1. The number of piperidine rings is 1. The summed E-state index contributed by atoms with van der Waals surface area (Å²) >= 11 is 0.